The maximum absolute atomic E-state index is 10.0. The molecule has 1 saturated heterocycles. The fourth-order valence-corrected chi connectivity index (χ4v) is 2.45. The number of nitrogens with two attached hydrogens (primary N) is 1. The Bertz CT molecular complexity index is 673. The van der Waals surface area contributed by atoms with Crippen LogP contribution in [0.1, 0.15) is 6.23 Å². The lowest BCUT2D eigenvalue weighted by Gasteiger charge is -2.14. The van der Waals surface area contributed by atoms with Crippen molar-refractivity contribution in [1.29, 1.82) is 0 Å². The molecule has 8 nitrogen and oxygen atoms in total. The van der Waals surface area contributed by atoms with E-state index < -0.39 is 18.4 Å². The van der Waals surface area contributed by atoms with Crippen molar-refractivity contribution in [2.24, 2.45) is 0 Å². The summed E-state index contributed by atoms with van der Waals surface area (Å²) in [5, 5.41) is 19.2. The van der Waals surface area contributed by atoms with E-state index in [9.17, 15) is 10.2 Å². The predicted molar refractivity (Wildman–Crippen MR) is 70.7 cm³/mol. The number of aliphatic hydroxyl groups excluding tert-OH is 2. The summed E-state index contributed by atoms with van der Waals surface area (Å²) < 4.78 is 7.17. The lowest BCUT2D eigenvalue weighted by atomic mass is 10.1. The van der Waals surface area contributed by atoms with E-state index in [4.69, 9.17) is 22.1 Å². The molecule has 9 heteroatoms. The SMILES string of the molecule is Nc1ncnc2c1ncn2[C@@H]1O[C@H](CO)[C@@H](O)/C1=C/Cl. The van der Waals surface area contributed by atoms with Crippen molar-refractivity contribution in [2.45, 2.75) is 18.4 Å². The number of aliphatic hydroxyl groups is 2. The summed E-state index contributed by atoms with van der Waals surface area (Å²) in [6.45, 7) is -0.324. The van der Waals surface area contributed by atoms with Crippen LogP contribution in [0.2, 0.25) is 0 Å². The van der Waals surface area contributed by atoms with Gasteiger partial charge in [-0.1, -0.05) is 11.6 Å². The molecule has 0 radical (unpaired) electrons. The average molecular weight is 298 g/mol. The van der Waals surface area contributed by atoms with E-state index in [1.165, 1.54) is 18.2 Å². The van der Waals surface area contributed by atoms with Crippen LogP contribution in [0.15, 0.2) is 23.8 Å². The molecule has 1 aliphatic heterocycles. The summed E-state index contributed by atoms with van der Waals surface area (Å²) in [4.78, 5) is 12.1. The van der Waals surface area contributed by atoms with Gasteiger partial charge in [0.2, 0.25) is 0 Å². The highest BCUT2D eigenvalue weighted by molar-refractivity contribution is 6.25. The maximum Gasteiger partial charge on any atom is 0.167 e. The van der Waals surface area contributed by atoms with Crippen molar-refractivity contribution in [3.63, 3.8) is 0 Å². The monoisotopic (exact) mass is 297 g/mol. The van der Waals surface area contributed by atoms with Gasteiger partial charge >= 0.3 is 0 Å². The highest BCUT2D eigenvalue weighted by Gasteiger charge is 2.40. The number of nitrogen functional groups attached to an aromatic ring is 1. The number of aromatic nitrogens is 4. The van der Waals surface area contributed by atoms with Crippen molar-refractivity contribution in [1.82, 2.24) is 19.5 Å². The summed E-state index contributed by atoms with van der Waals surface area (Å²) in [6.07, 6.45) is 0.363. The van der Waals surface area contributed by atoms with Crippen LogP contribution in [-0.4, -0.2) is 48.5 Å². The van der Waals surface area contributed by atoms with Crippen molar-refractivity contribution < 1.29 is 14.9 Å². The summed E-state index contributed by atoms with van der Waals surface area (Å²) in [6, 6.07) is 0. The molecular formula is C11H12ClN5O3. The number of anilines is 1. The van der Waals surface area contributed by atoms with Gasteiger partial charge in [0, 0.05) is 11.1 Å². The van der Waals surface area contributed by atoms with E-state index >= 15 is 0 Å². The molecule has 1 aliphatic rings. The van der Waals surface area contributed by atoms with Gasteiger partial charge < -0.3 is 20.7 Å². The molecule has 0 spiro atoms. The normalized spacial score (nSPS) is 28.6. The van der Waals surface area contributed by atoms with Gasteiger partial charge in [-0.15, -0.1) is 0 Å². The first-order valence-electron chi connectivity index (χ1n) is 5.85. The topological polar surface area (TPSA) is 119 Å². The molecule has 1 fully saturated rings. The highest BCUT2D eigenvalue weighted by atomic mass is 35.5. The second kappa shape index (κ2) is 4.98. The van der Waals surface area contributed by atoms with Gasteiger partial charge in [0.15, 0.2) is 17.7 Å². The number of nitrogens with zero attached hydrogens (tertiary/aromatic N) is 4. The summed E-state index contributed by atoms with van der Waals surface area (Å²) in [5.74, 6) is 0.252. The Kier molecular flexibility index (Phi) is 3.30. The van der Waals surface area contributed by atoms with E-state index in [2.05, 4.69) is 15.0 Å². The molecule has 2 aromatic heterocycles. The maximum atomic E-state index is 10.0. The van der Waals surface area contributed by atoms with Gasteiger partial charge in [0.1, 0.15) is 24.1 Å². The second-order valence-corrected chi connectivity index (χ2v) is 4.56. The standard InChI is InChI=1S/C11H12ClN5O3/c12-1-5-8(19)6(2-18)20-11(5)17-4-16-7-9(13)14-3-15-10(7)17/h1,3-4,6,8,11,18-19H,2H2,(H2,13,14,15)/b5-1-/t6-,8+,11-/m1/s1. The molecular weight excluding hydrogens is 286 g/mol. The fourth-order valence-electron chi connectivity index (χ4n) is 2.21. The predicted octanol–water partition coefficient (Wildman–Crippen LogP) is -0.218. The van der Waals surface area contributed by atoms with Gasteiger partial charge in [-0.2, -0.15) is 0 Å². The molecule has 0 saturated carbocycles. The summed E-state index contributed by atoms with van der Waals surface area (Å²) >= 11 is 5.74. The van der Waals surface area contributed by atoms with Gasteiger partial charge in [-0.25, -0.2) is 15.0 Å². The zero-order valence-electron chi connectivity index (χ0n) is 10.2. The first-order valence-corrected chi connectivity index (χ1v) is 6.28. The minimum atomic E-state index is -0.987. The van der Waals surface area contributed by atoms with E-state index in [0.717, 1.165) is 0 Å². The Morgan fingerprint density at radius 1 is 1.45 bits per heavy atom. The van der Waals surface area contributed by atoms with Crippen molar-refractivity contribution in [3.05, 3.63) is 23.8 Å². The molecule has 0 amide bonds. The smallest absolute Gasteiger partial charge is 0.167 e. The number of hydrogen-bond acceptors (Lipinski definition) is 7. The average Bonchev–Trinajstić information content (AvgIpc) is 3.00. The second-order valence-electron chi connectivity index (χ2n) is 4.35. The Balaban J connectivity index is 2.09. The van der Waals surface area contributed by atoms with Crippen LogP contribution >= 0.6 is 11.6 Å². The van der Waals surface area contributed by atoms with Crippen LogP contribution in [0.5, 0.6) is 0 Å². The van der Waals surface area contributed by atoms with Crippen LogP contribution in [-0.2, 0) is 4.74 Å². The number of rotatable bonds is 2. The van der Waals surface area contributed by atoms with Crippen LogP contribution in [0.3, 0.4) is 0 Å². The molecule has 3 atom stereocenters. The lowest BCUT2D eigenvalue weighted by molar-refractivity contribution is -0.0422. The van der Waals surface area contributed by atoms with Gasteiger partial charge in [-0.3, -0.25) is 4.57 Å². The van der Waals surface area contributed by atoms with Crippen LogP contribution in [0.4, 0.5) is 5.82 Å². The molecule has 106 valence electrons. The molecule has 3 rings (SSSR count). The minimum Gasteiger partial charge on any atom is -0.394 e. The molecule has 0 unspecified atom stereocenters. The highest BCUT2D eigenvalue weighted by Crippen LogP contribution is 2.36. The van der Waals surface area contributed by atoms with E-state index in [-0.39, 0.29) is 12.4 Å². The Hall–Kier alpha value is -1.74. The summed E-state index contributed by atoms with van der Waals surface area (Å²) in [5.41, 5.74) is 8.27. The van der Waals surface area contributed by atoms with Gasteiger partial charge in [0.05, 0.1) is 12.9 Å². The summed E-state index contributed by atoms with van der Waals surface area (Å²) in [7, 11) is 0. The number of hydrogen-bond donors (Lipinski definition) is 3. The lowest BCUT2D eigenvalue weighted by Crippen LogP contribution is -2.25. The molecule has 4 N–H and O–H groups in total. The Morgan fingerprint density at radius 3 is 2.95 bits per heavy atom. The molecule has 3 heterocycles. The van der Waals surface area contributed by atoms with E-state index in [1.54, 1.807) is 4.57 Å². The van der Waals surface area contributed by atoms with E-state index in [1.807, 2.05) is 0 Å². The number of imidazole rings is 1. The van der Waals surface area contributed by atoms with Gasteiger partial charge in [-0.05, 0) is 0 Å². The quantitative estimate of drug-likeness (QED) is 0.701. The van der Waals surface area contributed by atoms with Crippen LogP contribution < -0.4 is 5.73 Å². The molecule has 0 bridgehead atoms. The Morgan fingerprint density at radius 2 is 2.25 bits per heavy atom. The minimum absolute atomic E-state index is 0.252. The third kappa shape index (κ3) is 1.85. The van der Waals surface area contributed by atoms with Crippen LogP contribution in [0.25, 0.3) is 11.2 Å². The number of halogens is 1. The molecule has 2 aromatic rings. The number of ether oxygens (including phenoxy) is 1. The molecule has 0 aromatic carbocycles. The van der Waals surface area contributed by atoms with Crippen molar-refractivity contribution in [2.75, 3.05) is 12.3 Å². The molecule has 20 heavy (non-hydrogen) atoms. The Labute approximate surface area is 118 Å². The third-order valence-corrected chi connectivity index (χ3v) is 3.48. The third-order valence-electron chi connectivity index (χ3n) is 3.23. The van der Waals surface area contributed by atoms with Crippen LogP contribution in [0, 0.1) is 0 Å². The fraction of sp³-hybridized carbons (Fsp3) is 0.364. The largest absolute Gasteiger partial charge is 0.394 e. The zero-order chi connectivity index (χ0) is 14.3. The first kappa shape index (κ1) is 13.3. The zero-order valence-corrected chi connectivity index (χ0v) is 11.0. The number of fused-ring (bicyclic) bond motifs is 1. The van der Waals surface area contributed by atoms with E-state index in [0.29, 0.717) is 16.7 Å². The van der Waals surface area contributed by atoms with Crippen molar-refractivity contribution >= 4 is 28.6 Å². The van der Waals surface area contributed by atoms with Crippen molar-refractivity contribution in [3.8, 4) is 0 Å². The van der Waals surface area contributed by atoms with Gasteiger partial charge in [0.25, 0.3) is 0 Å². The first-order chi connectivity index (χ1) is 9.67. The molecule has 0 aliphatic carbocycles.